The molecule has 1 amide bonds. The zero-order valence-corrected chi connectivity index (χ0v) is 12.2. The van der Waals surface area contributed by atoms with Crippen molar-refractivity contribution in [3.8, 4) is 0 Å². The van der Waals surface area contributed by atoms with Gasteiger partial charge in [0.05, 0.1) is 14.8 Å². The van der Waals surface area contributed by atoms with Gasteiger partial charge in [-0.25, -0.2) is 0 Å². The van der Waals surface area contributed by atoms with E-state index in [0.717, 1.165) is 0 Å². The number of nitrogens with two attached hydrogens (primary N) is 1. The first kappa shape index (κ1) is 13.3. The predicted molar refractivity (Wildman–Crippen MR) is 78.5 cm³/mol. The van der Waals surface area contributed by atoms with Crippen molar-refractivity contribution in [2.45, 2.75) is 0 Å². The van der Waals surface area contributed by atoms with Gasteiger partial charge in [-0.1, -0.05) is 23.7 Å². The van der Waals surface area contributed by atoms with E-state index in [1.54, 1.807) is 30.3 Å². The van der Waals surface area contributed by atoms with Crippen LogP contribution in [0.15, 0.2) is 45.9 Å². The zero-order valence-electron chi connectivity index (χ0n) is 9.06. The summed E-state index contributed by atoms with van der Waals surface area (Å²) in [5, 5.41) is 0. The number of hydrogen-bond acceptors (Lipinski definition) is 2. The number of hydrogen-bond donors (Lipinski definition) is 1. The highest BCUT2D eigenvalue weighted by Crippen LogP contribution is 2.22. The molecule has 2 N–H and O–H groups in total. The van der Waals surface area contributed by atoms with Crippen molar-refractivity contribution in [3.63, 3.8) is 0 Å². The Morgan fingerprint density at radius 3 is 2.61 bits per heavy atom. The molecule has 0 radical (unpaired) electrons. The third kappa shape index (κ3) is 2.98. The van der Waals surface area contributed by atoms with Crippen LogP contribution in [-0.2, 0) is 0 Å². The number of benzene rings is 1. The molecule has 1 heterocycles. The van der Waals surface area contributed by atoms with Crippen molar-refractivity contribution in [3.05, 3.63) is 55.6 Å². The molecule has 0 atom stereocenters. The van der Waals surface area contributed by atoms with Crippen LogP contribution < -0.4 is 5.73 Å². The number of thiophene rings is 1. The van der Waals surface area contributed by atoms with Gasteiger partial charge in [-0.15, -0.1) is 11.3 Å². The maximum atomic E-state index is 11.9. The van der Waals surface area contributed by atoms with Gasteiger partial charge in [0.25, 0.3) is 5.91 Å². The van der Waals surface area contributed by atoms with Crippen LogP contribution in [0.1, 0.15) is 15.2 Å². The Kier molecular flexibility index (Phi) is 4.16. The van der Waals surface area contributed by atoms with Gasteiger partial charge in [-0.05, 0) is 40.2 Å². The lowest BCUT2D eigenvalue weighted by Crippen LogP contribution is -2.14. The molecule has 18 heavy (non-hydrogen) atoms. The van der Waals surface area contributed by atoms with Gasteiger partial charge in [0.15, 0.2) is 0 Å². The highest BCUT2D eigenvalue weighted by molar-refractivity contribution is 9.10. The SMILES string of the molecule is NC(=NC(=O)c1ccccc1Br)c1ccc(Cl)s1. The molecule has 3 nitrogen and oxygen atoms in total. The molecule has 1 aromatic carbocycles. The Labute approximate surface area is 121 Å². The molecular weight excluding hydrogens is 336 g/mol. The molecule has 6 heteroatoms. The van der Waals surface area contributed by atoms with Crippen LogP contribution in [0.4, 0.5) is 0 Å². The number of aliphatic imine (C=N–C) groups is 1. The number of carbonyl (C=O) groups is 1. The van der Waals surface area contributed by atoms with Crippen LogP contribution in [0, 0.1) is 0 Å². The van der Waals surface area contributed by atoms with E-state index >= 15 is 0 Å². The van der Waals surface area contributed by atoms with Gasteiger partial charge >= 0.3 is 0 Å². The summed E-state index contributed by atoms with van der Waals surface area (Å²) in [5.74, 6) is -0.211. The van der Waals surface area contributed by atoms with Crippen molar-refractivity contribution in [2.75, 3.05) is 0 Å². The zero-order chi connectivity index (χ0) is 13.1. The topological polar surface area (TPSA) is 55.4 Å². The van der Waals surface area contributed by atoms with Gasteiger partial charge in [0.1, 0.15) is 5.84 Å². The van der Waals surface area contributed by atoms with Crippen LogP contribution in [0.25, 0.3) is 0 Å². The summed E-state index contributed by atoms with van der Waals surface area (Å²) in [6.45, 7) is 0. The smallest absolute Gasteiger partial charge is 0.280 e. The number of amidine groups is 1. The van der Waals surface area contributed by atoms with Gasteiger partial charge in [-0.3, -0.25) is 4.79 Å². The highest BCUT2D eigenvalue weighted by atomic mass is 79.9. The standard InChI is InChI=1S/C12H8BrClN2OS/c13-8-4-2-1-3-7(8)12(17)16-11(15)9-5-6-10(14)18-9/h1-6H,(H2,15,16,17). The van der Waals surface area contributed by atoms with E-state index < -0.39 is 0 Å². The lowest BCUT2D eigenvalue weighted by atomic mass is 10.2. The van der Waals surface area contributed by atoms with E-state index in [9.17, 15) is 4.79 Å². The Bertz CT molecular complexity index is 624. The van der Waals surface area contributed by atoms with Crippen molar-refractivity contribution >= 4 is 50.6 Å². The number of halogens is 2. The molecule has 2 aromatic rings. The molecule has 0 aliphatic heterocycles. The molecular formula is C12H8BrClN2OS. The number of nitrogens with zero attached hydrogens (tertiary/aromatic N) is 1. The minimum absolute atomic E-state index is 0.174. The average Bonchev–Trinajstić information content (AvgIpc) is 2.76. The van der Waals surface area contributed by atoms with E-state index in [0.29, 0.717) is 19.2 Å². The third-order valence-electron chi connectivity index (χ3n) is 2.15. The van der Waals surface area contributed by atoms with Crippen LogP contribution in [0.2, 0.25) is 4.34 Å². The first-order valence-electron chi connectivity index (χ1n) is 4.96. The summed E-state index contributed by atoms with van der Waals surface area (Å²) in [5.41, 5.74) is 6.24. The lowest BCUT2D eigenvalue weighted by Gasteiger charge is -2.00. The Morgan fingerprint density at radius 1 is 1.28 bits per heavy atom. The average molecular weight is 344 g/mol. The van der Waals surface area contributed by atoms with Crippen LogP contribution in [0.3, 0.4) is 0 Å². The molecule has 2 rings (SSSR count). The van der Waals surface area contributed by atoms with E-state index in [4.69, 9.17) is 17.3 Å². The molecule has 0 fully saturated rings. The summed E-state index contributed by atoms with van der Waals surface area (Å²) >= 11 is 10.4. The fourth-order valence-electron chi connectivity index (χ4n) is 1.31. The molecule has 92 valence electrons. The molecule has 1 aromatic heterocycles. The van der Waals surface area contributed by atoms with E-state index in [1.807, 2.05) is 6.07 Å². The summed E-state index contributed by atoms with van der Waals surface area (Å²) in [7, 11) is 0. The third-order valence-corrected chi connectivity index (χ3v) is 4.10. The predicted octanol–water partition coefficient (Wildman–Crippen LogP) is 3.71. The van der Waals surface area contributed by atoms with E-state index in [2.05, 4.69) is 20.9 Å². The normalized spacial score (nSPS) is 11.6. The maximum absolute atomic E-state index is 11.9. The van der Waals surface area contributed by atoms with Crippen LogP contribution in [0.5, 0.6) is 0 Å². The lowest BCUT2D eigenvalue weighted by molar-refractivity contribution is 0.100. The molecule has 0 saturated carbocycles. The molecule has 0 aliphatic rings. The van der Waals surface area contributed by atoms with Crippen molar-refractivity contribution in [2.24, 2.45) is 10.7 Å². The Balaban J connectivity index is 2.28. The molecule has 0 spiro atoms. The highest BCUT2D eigenvalue weighted by Gasteiger charge is 2.10. The minimum atomic E-state index is -0.385. The quantitative estimate of drug-likeness (QED) is 0.667. The first-order chi connectivity index (χ1) is 8.58. The number of amides is 1. The minimum Gasteiger partial charge on any atom is -0.382 e. The second kappa shape index (κ2) is 5.65. The molecule has 0 saturated heterocycles. The fourth-order valence-corrected chi connectivity index (χ4v) is 2.71. The van der Waals surface area contributed by atoms with Crippen LogP contribution >= 0.6 is 38.9 Å². The maximum Gasteiger partial charge on any atom is 0.280 e. The van der Waals surface area contributed by atoms with Gasteiger partial charge in [0, 0.05) is 4.47 Å². The summed E-state index contributed by atoms with van der Waals surface area (Å²) in [6, 6.07) is 10.5. The largest absolute Gasteiger partial charge is 0.382 e. The Hall–Kier alpha value is -1.17. The van der Waals surface area contributed by atoms with E-state index in [-0.39, 0.29) is 11.7 Å². The van der Waals surface area contributed by atoms with Crippen molar-refractivity contribution < 1.29 is 4.79 Å². The van der Waals surface area contributed by atoms with Crippen molar-refractivity contribution in [1.82, 2.24) is 0 Å². The monoisotopic (exact) mass is 342 g/mol. The number of rotatable bonds is 2. The fraction of sp³-hybridized carbons (Fsp3) is 0. The van der Waals surface area contributed by atoms with E-state index in [1.165, 1.54) is 11.3 Å². The van der Waals surface area contributed by atoms with Crippen LogP contribution in [-0.4, -0.2) is 11.7 Å². The summed E-state index contributed by atoms with van der Waals surface area (Å²) in [6.07, 6.45) is 0. The summed E-state index contributed by atoms with van der Waals surface area (Å²) < 4.78 is 1.30. The summed E-state index contributed by atoms with van der Waals surface area (Å²) in [4.78, 5) is 16.5. The second-order valence-corrected chi connectivity index (χ2v) is 5.96. The van der Waals surface area contributed by atoms with Gasteiger partial charge in [-0.2, -0.15) is 4.99 Å². The first-order valence-corrected chi connectivity index (χ1v) is 6.95. The second-order valence-electron chi connectivity index (χ2n) is 3.39. The van der Waals surface area contributed by atoms with Crippen molar-refractivity contribution in [1.29, 1.82) is 0 Å². The van der Waals surface area contributed by atoms with Gasteiger partial charge in [0.2, 0.25) is 0 Å². The molecule has 0 bridgehead atoms. The Morgan fingerprint density at radius 2 is 2.00 bits per heavy atom. The molecule has 0 aliphatic carbocycles. The van der Waals surface area contributed by atoms with Gasteiger partial charge < -0.3 is 5.73 Å². The molecule has 0 unspecified atom stereocenters. The number of carbonyl (C=O) groups excluding carboxylic acids is 1.